The van der Waals surface area contributed by atoms with Crippen LogP contribution < -0.4 is 4.18 Å². The molecule has 9 heteroatoms. The van der Waals surface area contributed by atoms with E-state index in [1.54, 1.807) is 20.8 Å². The van der Waals surface area contributed by atoms with E-state index in [2.05, 4.69) is 103 Å². The zero-order valence-corrected chi connectivity index (χ0v) is 40.0. The Labute approximate surface area is 384 Å². The molecule has 64 heavy (non-hydrogen) atoms. The maximum atomic E-state index is 15.0. The Hall–Kier alpha value is -3.89. The Morgan fingerprint density at radius 1 is 0.578 bits per heavy atom. The molecule has 0 amide bonds. The quantitative estimate of drug-likeness (QED) is 0.0743. The molecule has 0 heterocycles. The highest BCUT2D eigenvalue weighted by Gasteiger charge is 2.55. The van der Waals surface area contributed by atoms with Crippen LogP contribution in [0.3, 0.4) is 0 Å². The van der Waals surface area contributed by atoms with Gasteiger partial charge in [-0.1, -0.05) is 80.6 Å². The van der Waals surface area contributed by atoms with Crippen LogP contribution >= 0.6 is 0 Å². The topological polar surface area (TPSA) is 101 Å². The molecule has 6 aliphatic carbocycles. The van der Waals surface area contributed by atoms with Crippen molar-refractivity contribution in [1.29, 1.82) is 0 Å². The lowest BCUT2D eigenvalue weighted by Crippen LogP contribution is -2.32. The molecule has 11 rings (SSSR count). The molecule has 0 aliphatic heterocycles. The highest BCUT2D eigenvalue weighted by Crippen LogP contribution is 2.63. The Kier molecular flexibility index (Phi) is 11.5. The molecule has 5 aromatic carbocycles. The van der Waals surface area contributed by atoms with Crippen LogP contribution in [0, 0.1) is 24.7 Å². The van der Waals surface area contributed by atoms with E-state index in [0.29, 0.717) is 22.3 Å². The predicted octanol–water partition coefficient (Wildman–Crippen LogP) is 13.1. The van der Waals surface area contributed by atoms with Gasteiger partial charge >= 0.3 is 10.1 Å². The first-order chi connectivity index (χ1) is 30.7. The third-order valence-corrected chi connectivity index (χ3v) is 21.1. The normalized spacial score (nSPS) is 27.9. The second-order valence-electron chi connectivity index (χ2n) is 20.7. The average Bonchev–Trinajstić information content (AvgIpc) is 4.18. The van der Waals surface area contributed by atoms with Crippen LogP contribution in [0.1, 0.15) is 144 Å². The van der Waals surface area contributed by atoms with Gasteiger partial charge in [-0.25, -0.2) is 8.42 Å². The van der Waals surface area contributed by atoms with Gasteiger partial charge in [0.25, 0.3) is 0 Å². The molecule has 0 saturated heterocycles. The number of hydrogen-bond donors (Lipinski definition) is 0. The van der Waals surface area contributed by atoms with Gasteiger partial charge in [0.05, 0.1) is 15.8 Å². The zero-order valence-electron chi connectivity index (χ0n) is 37.6. The standard InChI is InChI=1S/C37H48O6S2.C18H15S/c1-23(2)29-19-32(24(3)16-33(29)44(38,39)40)43-45(41,42)34-30(36-12-6-26(21-36)7-13-36)17-28(35-10-4-25(20-35)5-11-35)18-31(34)37-14-8-27(22-37)9-15-37;1-4-10-16(11-5-1)19(17-12-6-2-7-13-17)18-14-8-3-9-15-18/h16-19,23,25-27H,4-15,20-22H2,1-3H3,(H,38,39,40);1-15H/q;+1/p-1. The molecule has 6 aliphatic rings. The molecule has 6 nitrogen and oxygen atoms in total. The lowest BCUT2D eigenvalue weighted by atomic mass is 9.68. The highest BCUT2D eigenvalue weighted by atomic mass is 32.2. The average molecular weight is 915 g/mol. The SMILES string of the molecule is Cc1cc(S(=O)(=O)[O-])c(C(C)C)cc1OS(=O)(=O)c1c(C23CCC(CC2)C3)cc(C23CCC(CC2)C3)cc1C12CCC(CC1)C2.c1ccc([S+](c2ccccc2)c2ccccc2)cc1. The summed E-state index contributed by atoms with van der Waals surface area (Å²) in [6, 6.07) is 39.6. The molecule has 0 atom stereocenters. The minimum absolute atomic E-state index is 0.0146. The van der Waals surface area contributed by atoms with E-state index in [1.807, 2.05) is 0 Å². The van der Waals surface area contributed by atoms with Crippen LogP contribution in [0.5, 0.6) is 5.75 Å². The Balaban J connectivity index is 0.000000213. The second kappa shape index (κ2) is 16.8. The minimum Gasteiger partial charge on any atom is -0.744 e. The molecule has 0 N–H and O–H groups in total. The van der Waals surface area contributed by atoms with Crippen LogP contribution in [0.25, 0.3) is 0 Å². The lowest BCUT2D eigenvalue weighted by molar-refractivity contribution is 0.380. The van der Waals surface area contributed by atoms with Crippen molar-refractivity contribution in [3.63, 3.8) is 0 Å². The fraction of sp³-hybridized carbons (Fsp3) is 0.455. The molecule has 336 valence electrons. The molecule has 6 saturated carbocycles. The summed E-state index contributed by atoms with van der Waals surface area (Å²) in [5.74, 6) is 1.92. The summed E-state index contributed by atoms with van der Waals surface area (Å²) >= 11 is 0. The smallest absolute Gasteiger partial charge is 0.339 e. The van der Waals surface area contributed by atoms with Crippen molar-refractivity contribution in [2.75, 3.05) is 0 Å². The molecule has 5 aromatic rings. The van der Waals surface area contributed by atoms with Gasteiger partial charge in [-0.3, -0.25) is 0 Å². The van der Waals surface area contributed by atoms with Crippen LogP contribution in [-0.4, -0.2) is 21.4 Å². The van der Waals surface area contributed by atoms with Crippen molar-refractivity contribution in [3.05, 3.63) is 143 Å². The van der Waals surface area contributed by atoms with Gasteiger partial charge in [0.2, 0.25) is 0 Å². The summed E-state index contributed by atoms with van der Waals surface area (Å²) in [4.78, 5) is 4.20. The third-order valence-electron chi connectivity index (χ3n) is 16.7. The molecule has 0 unspecified atom stereocenters. The maximum Gasteiger partial charge on any atom is 0.339 e. The van der Waals surface area contributed by atoms with E-state index in [-0.39, 0.29) is 49.3 Å². The molecule has 6 bridgehead atoms. The monoisotopic (exact) mass is 914 g/mol. The number of benzene rings is 5. The summed E-state index contributed by atoms with van der Waals surface area (Å²) in [6.45, 7) is 5.22. The molecular formula is C55H62O6S3. The first-order valence-corrected chi connectivity index (χ1v) is 27.9. The first kappa shape index (κ1) is 44.0. The van der Waals surface area contributed by atoms with Crippen molar-refractivity contribution >= 4 is 31.1 Å². The van der Waals surface area contributed by atoms with Crippen LogP contribution in [0.15, 0.2) is 140 Å². The van der Waals surface area contributed by atoms with E-state index in [9.17, 15) is 13.0 Å². The molecule has 0 aromatic heterocycles. The first-order valence-electron chi connectivity index (χ1n) is 23.8. The molecular weight excluding hydrogens is 853 g/mol. The van der Waals surface area contributed by atoms with E-state index in [4.69, 9.17) is 4.18 Å². The fourth-order valence-corrected chi connectivity index (χ4v) is 18.0. The Morgan fingerprint density at radius 3 is 1.31 bits per heavy atom. The number of aryl methyl sites for hydroxylation is 1. The molecule has 6 fully saturated rings. The predicted molar refractivity (Wildman–Crippen MR) is 254 cm³/mol. The van der Waals surface area contributed by atoms with Gasteiger partial charge in [0, 0.05) is 0 Å². The summed E-state index contributed by atoms with van der Waals surface area (Å²) < 4.78 is 72.6. The van der Waals surface area contributed by atoms with Gasteiger partial charge in [0.1, 0.15) is 20.8 Å². The summed E-state index contributed by atoms with van der Waals surface area (Å²) in [5, 5.41) is 0. The number of fused-ring (bicyclic) bond motifs is 6. The van der Waals surface area contributed by atoms with Crippen LogP contribution in [-0.2, 0) is 47.4 Å². The van der Waals surface area contributed by atoms with Crippen molar-refractivity contribution in [2.24, 2.45) is 17.8 Å². The summed E-state index contributed by atoms with van der Waals surface area (Å²) in [5.41, 5.74) is 3.94. The maximum absolute atomic E-state index is 15.0. The van der Waals surface area contributed by atoms with Crippen molar-refractivity contribution in [3.8, 4) is 5.75 Å². The van der Waals surface area contributed by atoms with Gasteiger partial charge < -0.3 is 8.74 Å². The Morgan fingerprint density at radius 2 is 0.969 bits per heavy atom. The Bertz CT molecular complexity index is 2580. The summed E-state index contributed by atoms with van der Waals surface area (Å²) in [7, 11) is -9.06. The number of rotatable bonds is 11. The summed E-state index contributed by atoms with van der Waals surface area (Å²) in [6.07, 6.45) is 17.0. The van der Waals surface area contributed by atoms with Crippen molar-refractivity contribution in [1.82, 2.24) is 0 Å². The highest BCUT2D eigenvalue weighted by molar-refractivity contribution is 7.97. The van der Waals surface area contributed by atoms with Gasteiger partial charge in [0.15, 0.2) is 14.7 Å². The minimum atomic E-state index is -4.74. The van der Waals surface area contributed by atoms with Crippen molar-refractivity contribution in [2.45, 2.75) is 164 Å². The van der Waals surface area contributed by atoms with Gasteiger partial charge in [-0.05, 0) is 220 Å². The lowest BCUT2D eigenvalue weighted by Gasteiger charge is -2.38. The third kappa shape index (κ3) is 7.98. The van der Waals surface area contributed by atoms with Gasteiger partial charge in [-0.15, -0.1) is 0 Å². The van der Waals surface area contributed by atoms with E-state index >= 15 is 8.42 Å². The van der Waals surface area contributed by atoms with Crippen LogP contribution in [0.4, 0.5) is 0 Å². The van der Waals surface area contributed by atoms with Crippen LogP contribution in [0.2, 0.25) is 0 Å². The van der Waals surface area contributed by atoms with Gasteiger partial charge in [-0.2, -0.15) is 8.42 Å². The van der Waals surface area contributed by atoms with E-state index in [0.717, 1.165) is 81.3 Å². The van der Waals surface area contributed by atoms with Crippen molar-refractivity contribution < 1.29 is 25.6 Å². The second-order valence-corrected chi connectivity index (χ2v) is 25.6. The largest absolute Gasteiger partial charge is 0.744 e. The molecule has 0 radical (unpaired) electrons. The van der Waals surface area contributed by atoms with E-state index in [1.165, 1.54) is 64.5 Å². The number of hydrogen-bond acceptors (Lipinski definition) is 6. The molecule has 0 spiro atoms. The van der Waals surface area contributed by atoms with E-state index < -0.39 is 20.2 Å². The zero-order chi connectivity index (χ0) is 44.5. The fourth-order valence-electron chi connectivity index (χ4n) is 13.4.